The van der Waals surface area contributed by atoms with Crippen LogP contribution in [0.4, 0.5) is 0 Å². The van der Waals surface area contributed by atoms with Crippen molar-refractivity contribution in [1.29, 1.82) is 0 Å². The number of para-hydroxylation sites is 2. The number of benzene rings is 1. The number of carbonyl (C=O) groups is 1. The molecule has 22 heavy (non-hydrogen) atoms. The molecule has 1 fully saturated rings. The standard InChI is InChI=1S/C17H16N2O3/c20-17(21)15-9-8-12(22-15)10-19-14-7-2-1-6-13(14)18-16(19)11-4-3-5-11/h1-2,6-9,11H,3-5,10H2,(H,20,21). The van der Waals surface area contributed by atoms with Gasteiger partial charge < -0.3 is 14.1 Å². The first-order valence-electron chi connectivity index (χ1n) is 7.49. The molecule has 0 atom stereocenters. The maximum absolute atomic E-state index is 10.9. The zero-order valence-corrected chi connectivity index (χ0v) is 12.0. The number of nitrogens with zero attached hydrogens (tertiary/aromatic N) is 2. The molecule has 3 aromatic rings. The monoisotopic (exact) mass is 296 g/mol. The summed E-state index contributed by atoms with van der Waals surface area (Å²) in [4.78, 5) is 15.7. The molecule has 112 valence electrons. The Hall–Kier alpha value is -2.56. The molecule has 1 N–H and O–H groups in total. The molecule has 2 aromatic heterocycles. The second-order valence-corrected chi connectivity index (χ2v) is 5.74. The number of hydrogen-bond acceptors (Lipinski definition) is 3. The van der Waals surface area contributed by atoms with Crippen LogP contribution in [0.1, 0.15) is 47.3 Å². The average molecular weight is 296 g/mol. The van der Waals surface area contributed by atoms with E-state index in [0.29, 0.717) is 18.2 Å². The zero-order chi connectivity index (χ0) is 15.1. The molecule has 5 heteroatoms. The lowest BCUT2D eigenvalue weighted by Gasteiger charge is -2.25. The number of imidazole rings is 1. The summed E-state index contributed by atoms with van der Waals surface area (Å²) in [6.07, 6.45) is 3.58. The van der Waals surface area contributed by atoms with Gasteiger partial charge in [-0.15, -0.1) is 0 Å². The van der Waals surface area contributed by atoms with Gasteiger partial charge in [0.05, 0.1) is 17.6 Å². The van der Waals surface area contributed by atoms with E-state index in [2.05, 4.69) is 4.57 Å². The van der Waals surface area contributed by atoms with Crippen LogP contribution in [-0.2, 0) is 6.54 Å². The van der Waals surface area contributed by atoms with E-state index in [0.717, 1.165) is 16.9 Å². The number of aromatic nitrogens is 2. The van der Waals surface area contributed by atoms with Gasteiger partial charge >= 0.3 is 5.97 Å². The van der Waals surface area contributed by atoms with Crippen molar-refractivity contribution in [3.8, 4) is 0 Å². The summed E-state index contributed by atoms with van der Waals surface area (Å²) in [6, 6.07) is 11.3. The van der Waals surface area contributed by atoms with Crippen LogP contribution in [0.15, 0.2) is 40.8 Å². The third kappa shape index (κ3) is 2.09. The Morgan fingerprint density at radius 1 is 1.27 bits per heavy atom. The molecule has 0 bridgehead atoms. The van der Waals surface area contributed by atoms with Crippen LogP contribution in [0.2, 0.25) is 0 Å². The van der Waals surface area contributed by atoms with Crippen LogP contribution in [0.5, 0.6) is 0 Å². The molecule has 5 nitrogen and oxygen atoms in total. The van der Waals surface area contributed by atoms with Crippen molar-refractivity contribution in [2.24, 2.45) is 0 Å². The molecule has 0 spiro atoms. The first-order valence-corrected chi connectivity index (χ1v) is 7.49. The summed E-state index contributed by atoms with van der Waals surface area (Å²) in [5, 5.41) is 8.97. The fraction of sp³-hybridized carbons (Fsp3) is 0.294. The highest BCUT2D eigenvalue weighted by molar-refractivity contribution is 5.84. The molecule has 1 aromatic carbocycles. The SMILES string of the molecule is O=C(O)c1ccc(Cn2c(C3CCC3)nc3ccccc32)o1. The lowest BCUT2D eigenvalue weighted by atomic mass is 9.85. The highest BCUT2D eigenvalue weighted by atomic mass is 16.4. The molecule has 0 amide bonds. The van der Waals surface area contributed by atoms with E-state index in [1.54, 1.807) is 6.07 Å². The number of hydrogen-bond donors (Lipinski definition) is 1. The normalized spacial score (nSPS) is 15.1. The van der Waals surface area contributed by atoms with E-state index in [1.807, 2.05) is 24.3 Å². The van der Waals surface area contributed by atoms with E-state index in [-0.39, 0.29) is 5.76 Å². The quantitative estimate of drug-likeness (QED) is 0.798. The van der Waals surface area contributed by atoms with E-state index < -0.39 is 5.97 Å². The van der Waals surface area contributed by atoms with Gasteiger partial charge in [0.15, 0.2) is 0 Å². The molecule has 0 unspecified atom stereocenters. The molecular formula is C17H16N2O3. The van der Waals surface area contributed by atoms with Crippen LogP contribution in [0.3, 0.4) is 0 Å². The van der Waals surface area contributed by atoms with Gasteiger partial charge in [0.25, 0.3) is 0 Å². The van der Waals surface area contributed by atoms with Gasteiger partial charge in [-0.1, -0.05) is 18.6 Å². The Morgan fingerprint density at radius 2 is 2.09 bits per heavy atom. The van der Waals surface area contributed by atoms with E-state index in [9.17, 15) is 4.79 Å². The van der Waals surface area contributed by atoms with Crippen LogP contribution in [0.25, 0.3) is 11.0 Å². The predicted molar refractivity (Wildman–Crippen MR) is 81.1 cm³/mol. The van der Waals surface area contributed by atoms with Crippen molar-refractivity contribution in [2.45, 2.75) is 31.7 Å². The summed E-state index contributed by atoms with van der Waals surface area (Å²) in [6.45, 7) is 0.514. The molecular weight excluding hydrogens is 280 g/mol. The van der Waals surface area contributed by atoms with Crippen molar-refractivity contribution < 1.29 is 14.3 Å². The van der Waals surface area contributed by atoms with E-state index in [1.165, 1.54) is 25.3 Å². The Balaban J connectivity index is 1.76. The fourth-order valence-electron chi connectivity index (χ4n) is 2.97. The maximum atomic E-state index is 10.9. The second kappa shape index (κ2) is 5.02. The minimum atomic E-state index is -1.04. The highest BCUT2D eigenvalue weighted by Gasteiger charge is 2.26. The molecule has 0 aliphatic heterocycles. The Bertz CT molecular complexity index is 843. The van der Waals surface area contributed by atoms with Crippen molar-refractivity contribution in [3.63, 3.8) is 0 Å². The Labute approximate surface area is 127 Å². The van der Waals surface area contributed by atoms with Crippen LogP contribution in [0, 0.1) is 0 Å². The van der Waals surface area contributed by atoms with Crippen LogP contribution < -0.4 is 0 Å². The number of carboxylic acids is 1. The van der Waals surface area contributed by atoms with Crippen molar-refractivity contribution in [1.82, 2.24) is 9.55 Å². The van der Waals surface area contributed by atoms with E-state index >= 15 is 0 Å². The Morgan fingerprint density at radius 3 is 2.77 bits per heavy atom. The van der Waals surface area contributed by atoms with Crippen LogP contribution in [-0.4, -0.2) is 20.6 Å². The maximum Gasteiger partial charge on any atom is 0.371 e. The minimum Gasteiger partial charge on any atom is -0.475 e. The molecule has 4 rings (SSSR count). The zero-order valence-electron chi connectivity index (χ0n) is 12.0. The van der Waals surface area contributed by atoms with Gasteiger partial charge in [-0.05, 0) is 37.1 Å². The van der Waals surface area contributed by atoms with Gasteiger partial charge in [0, 0.05) is 5.92 Å². The number of fused-ring (bicyclic) bond motifs is 1. The van der Waals surface area contributed by atoms with Gasteiger partial charge in [-0.2, -0.15) is 0 Å². The van der Waals surface area contributed by atoms with Gasteiger partial charge in [-0.25, -0.2) is 9.78 Å². The number of carboxylic acid groups (broad SMARTS) is 1. The average Bonchev–Trinajstić information content (AvgIpc) is 3.04. The van der Waals surface area contributed by atoms with E-state index in [4.69, 9.17) is 14.5 Å². The third-order valence-corrected chi connectivity index (χ3v) is 4.34. The number of furan rings is 1. The molecule has 0 radical (unpaired) electrons. The van der Waals surface area contributed by atoms with Gasteiger partial charge in [0.2, 0.25) is 5.76 Å². The minimum absolute atomic E-state index is 0.0235. The highest BCUT2D eigenvalue weighted by Crippen LogP contribution is 2.37. The summed E-state index contributed by atoms with van der Waals surface area (Å²) < 4.78 is 7.56. The summed E-state index contributed by atoms with van der Waals surface area (Å²) in [5.41, 5.74) is 2.05. The van der Waals surface area contributed by atoms with Crippen molar-refractivity contribution in [2.75, 3.05) is 0 Å². The van der Waals surface area contributed by atoms with Gasteiger partial charge in [-0.3, -0.25) is 0 Å². The van der Waals surface area contributed by atoms with Crippen molar-refractivity contribution >= 4 is 17.0 Å². The fourth-order valence-corrected chi connectivity index (χ4v) is 2.97. The molecule has 0 saturated heterocycles. The first kappa shape index (κ1) is 13.1. The van der Waals surface area contributed by atoms with Crippen molar-refractivity contribution in [3.05, 3.63) is 53.7 Å². The molecule has 2 heterocycles. The van der Waals surface area contributed by atoms with Crippen LogP contribution >= 0.6 is 0 Å². The topological polar surface area (TPSA) is 68.3 Å². The lowest BCUT2D eigenvalue weighted by molar-refractivity contribution is 0.0660. The summed E-state index contributed by atoms with van der Waals surface area (Å²) in [5.74, 6) is 1.16. The van der Waals surface area contributed by atoms with Gasteiger partial charge in [0.1, 0.15) is 11.6 Å². The molecule has 1 aliphatic carbocycles. The lowest BCUT2D eigenvalue weighted by Crippen LogP contribution is -2.15. The third-order valence-electron chi connectivity index (χ3n) is 4.34. The summed E-state index contributed by atoms with van der Waals surface area (Å²) >= 11 is 0. The summed E-state index contributed by atoms with van der Waals surface area (Å²) in [7, 11) is 0. The number of aromatic carboxylic acids is 1. The molecule has 1 saturated carbocycles. The number of rotatable bonds is 4. The smallest absolute Gasteiger partial charge is 0.371 e. The Kier molecular flexibility index (Phi) is 2.99. The molecule has 1 aliphatic rings. The second-order valence-electron chi connectivity index (χ2n) is 5.74. The predicted octanol–water partition coefficient (Wildman–Crippen LogP) is 3.64. The largest absolute Gasteiger partial charge is 0.475 e. The first-order chi connectivity index (χ1) is 10.7.